The van der Waals surface area contributed by atoms with Gasteiger partial charge in [0.1, 0.15) is 0 Å². The third-order valence-electron chi connectivity index (χ3n) is 3.21. The Morgan fingerprint density at radius 1 is 1.00 bits per heavy atom. The molecule has 0 spiro atoms. The lowest BCUT2D eigenvalue weighted by molar-refractivity contribution is 0.102. The second kappa shape index (κ2) is 5.67. The second-order valence-corrected chi connectivity index (χ2v) is 5.78. The van der Waals surface area contributed by atoms with Gasteiger partial charge in [0.05, 0.1) is 5.56 Å². The Balaban J connectivity index is 1.67. The minimum absolute atomic E-state index is 0.111. The van der Waals surface area contributed by atoms with Gasteiger partial charge in [-0.1, -0.05) is 12.1 Å². The van der Waals surface area contributed by atoms with Gasteiger partial charge < -0.3 is 10.6 Å². The summed E-state index contributed by atoms with van der Waals surface area (Å²) in [5, 5.41) is 6.32. The predicted molar refractivity (Wildman–Crippen MR) is 85.2 cm³/mol. The maximum Gasteiger partial charge on any atom is 0.256 e. The molecule has 0 radical (unpaired) electrons. The summed E-state index contributed by atoms with van der Waals surface area (Å²) < 4.78 is 0.796. The molecule has 1 aliphatic carbocycles. The van der Waals surface area contributed by atoms with Crippen LogP contribution in [-0.4, -0.2) is 11.9 Å². The third-order valence-corrected chi connectivity index (χ3v) is 3.90. The maximum absolute atomic E-state index is 12.2. The van der Waals surface area contributed by atoms with E-state index in [1.165, 1.54) is 12.8 Å². The van der Waals surface area contributed by atoms with Gasteiger partial charge in [-0.2, -0.15) is 0 Å². The number of rotatable bonds is 4. The molecule has 1 aliphatic rings. The zero-order chi connectivity index (χ0) is 13.9. The van der Waals surface area contributed by atoms with Gasteiger partial charge in [0.25, 0.3) is 5.91 Å². The molecule has 1 fully saturated rings. The highest BCUT2D eigenvalue weighted by Crippen LogP contribution is 2.25. The number of carbonyl (C=O) groups is 1. The van der Waals surface area contributed by atoms with Crippen LogP contribution in [0.1, 0.15) is 23.2 Å². The molecule has 0 aliphatic heterocycles. The van der Waals surface area contributed by atoms with E-state index in [1.807, 2.05) is 42.5 Å². The molecular weight excluding hydrogens is 316 g/mol. The number of carbonyl (C=O) groups excluding carboxylic acids is 1. The summed E-state index contributed by atoms with van der Waals surface area (Å²) in [5.74, 6) is -0.111. The van der Waals surface area contributed by atoms with Crippen LogP contribution in [0.5, 0.6) is 0 Å². The number of benzene rings is 2. The summed E-state index contributed by atoms with van der Waals surface area (Å²) in [5.41, 5.74) is 2.53. The molecule has 0 atom stereocenters. The van der Waals surface area contributed by atoms with Crippen molar-refractivity contribution in [2.45, 2.75) is 18.9 Å². The fraction of sp³-hybridized carbons (Fsp3) is 0.188. The van der Waals surface area contributed by atoms with Crippen LogP contribution >= 0.6 is 15.9 Å². The van der Waals surface area contributed by atoms with E-state index in [9.17, 15) is 4.79 Å². The van der Waals surface area contributed by atoms with Gasteiger partial charge in [0.2, 0.25) is 0 Å². The Labute approximate surface area is 126 Å². The van der Waals surface area contributed by atoms with E-state index < -0.39 is 0 Å². The first-order chi connectivity index (χ1) is 9.72. The molecule has 0 unspecified atom stereocenters. The smallest absolute Gasteiger partial charge is 0.256 e. The molecule has 0 bridgehead atoms. The van der Waals surface area contributed by atoms with Crippen molar-refractivity contribution in [3.05, 3.63) is 58.6 Å². The first kappa shape index (κ1) is 13.2. The lowest BCUT2D eigenvalue weighted by atomic mass is 10.2. The molecule has 0 saturated heterocycles. The summed E-state index contributed by atoms with van der Waals surface area (Å²) in [6, 6.07) is 15.8. The molecule has 2 aromatic carbocycles. The Hall–Kier alpha value is -1.81. The van der Waals surface area contributed by atoms with Crippen molar-refractivity contribution in [2.75, 3.05) is 10.6 Å². The molecule has 1 saturated carbocycles. The minimum Gasteiger partial charge on any atom is -0.382 e. The zero-order valence-corrected chi connectivity index (χ0v) is 12.5. The highest BCUT2D eigenvalue weighted by molar-refractivity contribution is 9.10. The Bertz CT molecular complexity index is 621. The maximum atomic E-state index is 12.2. The van der Waals surface area contributed by atoms with Gasteiger partial charge in [-0.15, -0.1) is 0 Å². The van der Waals surface area contributed by atoms with E-state index >= 15 is 0 Å². The zero-order valence-electron chi connectivity index (χ0n) is 10.9. The van der Waals surface area contributed by atoms with Crippen LogP contribution < -0.4 is 10.6 Å². The van der Waals surface area contributed by atoms with Crippen LogP contribution in [0.15, 0.2) is 53.0 Å². The lowest BCUT2D eigenvalue weighted by Gasteiger charge is -2.08. The Morgan fingerprint density at radius 2 is 1.65 bits per heavy atom. The molecule has 102 valence electrons. The summed E-state index contributed by atoms with van der Waals surface area (Å²) in [6.45, 7) is 0. The fourth-order valence-corrected chi connectivity index (χ4v) is 2.42. The van der Waals surface area contributed by atoms with Gasteiger partial charge in [-0.3, -0.25) is 4.79 Å². The quantitative estimate of drug-likeness (QED) is 0.878. The number of hydrogen-bond acceptors (Lipinski definition) is 2. The molecule has 20 heavy (non-hydrogen) atoms. The molecule has 3 nitrogen and oxygen atoms in total. The number of nitrogens with one attached hydrogen (secondary N) is 2. The summed E-state index contributed by atoms with van der Waals surface area (Å²) in [6.07, 6.45) is 2.50. The average molecular weight is 331 g/mol. The monoisotopic (exact) mass is 330 g/mol. The van der Waals surface area contributed by atoms with E-state index in [4.69, 9.17) is 0 Å². The van der Waals surface area contributed by atoms with Crippen molar-refractivity contribution in [1.82, 2.24) is 0 Å². The van der Waals surface area contributed by atoms with E-state index in [-0.39, 0.29) is 5.91 Å². The number of anilines is 2. The first-order valence-electron chi connectivity index (χ1n) is 6.65. The van der Waals surface area contributed by atoms with Crippen molar-refractivity contribution in [2.24, 2.45) is 0 Å². The fourth-order valence-electron chi connectivity index (χ4n) is 1.96. The number of amides is 1. The van der Waals surface area contributed by atoms with Crippen LogP contribution in [0, 0.1) is 0 Å². The highest BCUT2D eigenvalue weighted by atomic mass is 79.9. The summed E-state index contributed by atoms with van der Waals surface area (Å²) in [7, 11) is 0. The van der Waals surface area contributed by atoms with Gasteiger partial charge >= 0.3 is 0 Å². The first-order valence-corrected chi connectivity index (χ1v) is 7.44. The van der Waals surface area contributed by atoms with Crippen molar-refractivity contribution in [3.63, 3.8) is 0 Å². The normalized spacial score (nSPS) is 13.8. The van der Waals surface area contributed by atoms with E-state index in [0.717, 1.165) is 15.8 Å². The van der Waals surface area contributed by atoms with Crippen molar-refractivity contribution >= 4 is 33.2 Å². The minimum atomic E-state index is -0.111. The molecule has 2 N–H and O–H groups in total. The van der Waals surface area contributed by atoms with Crippen LogP contribution in [0.3, 0.4) is 0 Å². The predicted octanol–water partition coefficient (Wildman–Crippen LogP) is 4.28. The number of halogens is 1. The molecule has 3 rings (SSSR count). The third kappa shape index (κ3) is 3.20. The van der Waals surface area contributed by atoms with Crippen LogP contribution in [-0.2, 0) is 0 Å². The molecule has 0 aromatic heterocycles. The van der Waals surface area contributed by atoms with Gasteiger partial charge in [-0.05, 0) is 65.2 Å². The lowest BCUT2D eigenvalue weighted by Crippen LogP contribution is -2.12. The molecule has 2 aromatic rings. The second-order valence-electron chi connectivity index (χ2n) is 4.93. The van der Waals surface area contributed by atoms with Crippen LogP contribution in [0.4, 0.5) is 11.4 Å². The highest BCUT2D eigenvalue weighted by Gasteiger charge is 2.20. The van der Waals surface area contributed by atoms with Crippen LogP contribution in [0.2, 0.25) is 0 Å². The van der Waals surface area contributed by atoms with Crippen molar-refractivity contribution < 1.29 is 4.79 Å². The molecule has 1 amide bonds. The van der Waals surface area contributed by atoms with Gasteiger partial charge in [0.15, 0.2) is 0 Å². The molecular formula is C16H15BrN2O. The van der Waals surface area contributed by atoms with E-state index in [0.29, 0.717) is 11.6 Å². The van der Waals surface area contributed by atoms with Crippen molar-refractivity contribution in [3.8, 4) is 0 Å². The van der Waals surface area contributed by atoms with Crippen LogP contribution in [0.25, 0.3) is 0 Å². The molecule has 0 heterocycles. The topological polar surface area (TPSA) is 41.1 Å². The number of hydrogen-bond donors (Lipinski definition) is 2. The summed E-state index contributed by atoms with van der Waals surface area (Å²) >= 11 is 3.39. The Morgan fingerprint density at radius 3 is 2.30 bits per heavy atom. The molecule has 4 heteroatoms. The Kier molecular flexibility index (Phi) is 3.74. The van der Waals surface area contributed by atoms with E-state index in [2.05, 4.69) is 26.6 Å². The summed E-state index contributed by atoms with van der Waals surface area (Å²) in [4.78, 5) is 12.2. The van der Waals surface area contributed by atoms with Gasteiger partial charge in [-0.25, -0.2) is 0 Å². The SMILES string of the molecule is O=C(Nc1ccc(NC2CC2)cc1)c1ccccc1Br. The average Bonchev–Trinajstić information content (AvgIpc) is 3.25. The van der Waals surface area contributed by atoms with Gasteiger partial charge in [0, 0.05) is 21.9 Å². The van der Waals surface area contributed by atoms with E-state index in [1.54, 1.807) is 6.07 Å². The standard InChI is InChI=1S/C16H15BrN2O/c17-15-4-2-1-3-14(15)16(20)19-13-9-7-12(8-10-13)18-11-5-6-11/h1-4,7-11,18H,5-6H2,(H,19,20). The largest absolute Gasteiger partial charge is 0.382 e. The van der Waals surface area contributed by atoms with Crippen molar-refractivity contribution in [1.29, 1.82) is 0 Å².